The van der Waals surface area contributed by atoms with Gasteiger partial charge in [-0.05, 0) is 107 Å². The van der Waals surface area contributed by atoms with E-state index in [0.29, 0.717) is 5.82 Å². The van der Waals surface area contributed by atoms with Gasteiger partial charge < -0.3 is 4.74 Å². The van der Waals surface area contributed by atoms with E-state index in [1.54, 1.807) is 0 Å². The van der Waals surface area contributed by atoms with E-state index in [2.05, 4.69) is 147 Å². The SMILES string of the molecule is CC.CC.CC1=C2/C=C\CCc3ccccc3Oc3ccc4c(c3C)C1(c1ccccc12)c1cc(-c2cc(-c3ccccc3)nc(-c3ccccc3)n2)ccc1-4. The van der Waals surface area contributed by atoms with Crippen molar-refractivity contribution in [1.82, 2.24) is 9.97 Å². The summed E-state index contributed by atoms with van der Waals surface area (Å²) in [6.45, 7) is 12.6. The molecule has 3 heteroatoms. The Balaban J connectivity index is 0.00000107. The number of allylic oxidation sites excluding steroid dienone is 4. The van der Waals surface area contributed by atoms with E-state index in [1.165, 1.54) is 55.7 Å². The van der Waals surface area contributed by atoms with Gasteiger partial charge in [-0.3, -0.25) is 0 Å². The van der Waals surface area contributed by atoms with Gasteiger partial charge >= 0.3 is 0 Å². The van der Waals surface area contributed by atoms with Crippen molar-refractivity contribution in [2.24, 2.45) is 0 Å². The van der Waals surface area contributed by atoms with Gasteiger partial charge in [0.25, 0.3) is 0 Å². The molecule has 0 fully saturated rings. The fourth-order valence-electron chi connectivity index (χ4n) is 8.87. The number of aromatic nitrogens is 2. The highest BCUT2D eigenvalue weighted by atomic mass is 16.5. The summed E-state index contributed by atoms with van der Waals surface area (Å²) < 4.78 is 6.85. The molecule has 1 aliphatic heterocycles. The lowest BCUT2D eigenvalue weighted by molar-refractivity contribution is 0.471. The Morgan fingerprint density at radius 2 is 1.18 bits per heavy atom. The first-order valence-electron chi connectivity index (χ1n) is 20.1. The average Bonchev–Trinajstić information content (AvgIpc) is 3.70. The van der Waals surface area contributed by atoms with Crippen molar-refractivity contribution in [3.63, 3.8) is 0 Å². The van der Waals surface area contributed by atoms with Crippen molar-refractivity contribution >= 4 is 5.57 Å². The van der Waals surface area contributed by atoms with Crippen LogP contribution in [0, 0.1) is 6.92 Å². The third-order valence-electron chi connectivity index (χ3n) is 11.3. The van der Waals surface area contributed by atoms with E-state index in [0.717, 1.165) is 52.4 Å². The van der Waals surface area contributed by atoms with E-state index < -0.39 is 5.41 Å². The predicted molar refractivity (Wildman–Crippen MR) is 234 cm³/mol. The molecule has 3 nitrogen and oxygen atoms in total. The zero-order valence-corrected chi connectivity index (χ0v) is 33.2. The number of hydrogen-bond donors (Lipinski definition) is 0. The van der Waals surface area contributed by atoms with E-state index >= 15 is 0 Å². The van der Waals surface area contributed by atoms with Gasteiger partial charge in [0.15, 0.2) is 5.82 Å². The van der Waals surface area contributed by atoms with Gasteiger partial charge in [-0.25, -0.2) is 9.97 Å². The Bertz CT molecular complexity index is 2560. The number of rotatable bonds is 3. The number of hydrogen-bond acceptors (Lipinski definition) is 3. The fraction of sp³-hybridized carbons (Fsp3) is 0.170. The lowest BCUT2D eigenvalue weighted by atomic mass is 9.68. The number of benzene rings is 6. The Hall–Kier alpha value is -6.32. The quantitative estimate of drug-likeness (QED) is 0.182. The average molecular weight is 729 g/mol. The van der Waals surface area contributed by atoms with Gasteiger partial charge in [0, 0.05) is 16.7 Å². The van der Waals surface area contributed by atoms with Crippen LogP contribution in [0.1, 0.15) is 74.4 Å². The van der Waals surface area contributed by atoms with Crippen LogP contribution in [-0.2, 0) is 11.8 Å². The minimum atomic E-state index is -0.495. The monoisotopic (exact) mass is 728 g/mol. The molecule has 0 radical (unpaired) electrons. The molecular formula is C53H48N2O. The van der Waals surface area contributed by atoms with Crippen molar-refractivity contribution in [2.75, 3.05) is 0 Å². The summed E-state index contributed by atoms with van der Waals surface area (Å²) in [5.74, 6) is 2.55. The molecule has 1 aromatic heterocycles. The molecule has 1 unspecified atom stereocenters. The van der Waals surface area contributed by atoms with Gasteiger partial charge in [0.2, 0.25) is 0 Å². The molecule has 2 aliphatic carbocycles. The molecule has 10 rings (SSSR count). The van der Waals surface area contributed by atoms with Crippen LogP contribution < -0.4 is 4.74 Å². The largest absolute Gasteiger partial charge is 0.457 e. The molecule has 0 N–H and O–H groups in total. The highest BCUT2D eigenvalue weighted by molar-refractivity contribution is 5.98. The summed E-state index contributed by atoms with van der Waals surface area (Å²) in [4.78, 5) is 10.3. The van der Waals surface area contributed by atoms with Crippen LogP contribution in [-0.4, -0.2) is 9.97 Å². The Kier molecular flexibility index (Phi) is 10.1. The molecule has 2 heterocycles. The lowest BCUT2D eigenvalue weighted by Crippen LogP contribution is -2.27. The first-order chi connectivity index (χ1) is 27.6. The maximum Gasteiger partial charge on any atom is 0.160 e. The van der Waals surface area contributed by atoms with Crippen LogP contribution in [0.5, 0.6) is 11.5 Å². The van der Waals surface area contributed by atoms with Gasteiger partial charge in [0.1, 0.15) is 11.5 Å². The van der Waals surface area contributed by atoms with E-state index in [1.807, 2.05) is 52.0 Å². The Morgan fingerprint density at radius 1 is 0.536 bits per heavy atom. The lowest BCUT2D eigenvalue weighted by Gasteiger charge is -2.33. The van der Waals surface area contributed by atoms with Crippen LogP contribution in [0.25, 0.3) is 50.6 Å². The third-order valence-corrected chi connectivity index (χ3v) is 11.3. The molecule has 3 aliphatic rings. The highest BCUT2D eigenvalue weighted by Crippen LogP contribution is 2.64. The van der Waals surface area contributed by atoms with Gasteiger partial charge in [-0.15, -0.1) is 0 Å². The first kappa shape index (κ1) is 36.6. The molecule has 56 heavy (non-hydrogen) atoms. The molecule has 0 amide bonds. The van der Waals surface area contributed by atoms with Gasteiger partial charge in [-0.2, -0.15) is 0 Å². The van der Waals surface area contributed by atoms with Crippen molar-refractivity contribution in [2.45, 2.75) is 59.8 Å². The molecule has 4 bridgehead atoms. The highest BCUT2D eigenvalue weighted by Gasteiger charge is 2.52. The normalized spacial score (nSPS) is 16.2. The molecule has 0 saturated heterocycles. The summed E-state index contributed by atoms with van der Waals surface area (Å²) >= 11 is 0. The van der Waals surface area contributed by atoms with Gasteiger partial charge in [-0.1, -0.05) is 161 Å². The maximum absolute atomic E-state index is 6.85. The predicted octanol–water partition coefficient (Wildman–Crippen LogP) is 14.2. The molecule has 1 atom stereocenters. The van der Waals surface area contributed by atoms with E-state index in [-0.39, 0.29) is 0 Å². The van der Waals surface area contributed by atoms with Crippen LogP contribution in [0.2, 0.25) is 0 Å². The summed E-state index contributed by atoms with van der Waals surface area (Å²) in [6.07, 6.45) is 6.55. The maximum atomic E-state index is 6.85. The zero-order valence-electron chi connectivity index (χ0n) is 33.2. The topological polar surface area (TPSA) is 35.0 Å². The second-order valence-electron chi connectivity index (χ2n) is 14.1. The van der Waals surface area contributed by atoms with Crippen LogP contribution >= 0.6 is 0 Å². The summed E-state index contributed by atoms with van der Waals surface area (Å²) in [5.41, 5.74) is 17.2. The van der Waals surface area contributed by atoms with Crippen molar-refractivity contribution in [1.29, 1.82) is 0 Å². The van der Waals surface area contributed by atoms with E-state index in [4.69, 9.17) is 14.7 Å². The summed E-state index contributed by atoms with van der Waals surface area (Å²) in [6, 6.07) is 51.7. The van der Waals surface area contributed by atoms with Crippen LogP contribution in [0.4, 0.5) is 0 Å². The molecule has 0 saturated carbocycles. The fourth-order valence-corrected chi connectivity index (χ4v) is 8.87. The molecule has 7 aromatic rings. The minimum Gasteiger partial charge on any atom is -0.457 e. The standard InChI is InChI=1S/C49H36N2O.2C2H6/c1-31-45-28-27-40-39-26-25-36(44-30-43(33-15-5-3-6-16-33)50-48(51-44)35-19-7-4-8-20-35)29-42(39)49(47(31)40)32(2)37(38-22-12-13-23-41(38)49)21-11-9-17-34-18-10-14-24-46(34)52-45;2*1-2/h3-8,10-16,18-30H,9,17H2,1-2H3;2*1-2H3/b21-11-;;. The Morgan fingerprint density at radius 3 is 1.95 bits per heavy atom. The number of ether oxygens (including phenoxy) is 1. The van der Waals surface area contributed by atoms with Crippen molar-refractivity contribution in [3.8, 4) is 56.5 Å². The van der Waals surface area contributed by atoms with Crippen molar-refractivity contribution < 1.29 is 4.74 Å². The van der Waals surface area contributed by atoms with E-state index in [9.17, 15) is 0 Å². The van der Waals surface area contributed by atoms with Crippen LogP contribution in [0.15, 0.2) is 163 Å². The van der Waals surface area contributed by atoms with Gasteiger partial charge in [0.05, 0.1) is 16.8 Å². The van der Waals surface area contributed by atoms with Crippen LogP contribution in [0.3, 0.4) is 0 Å². The molecular weight excluding hydrogens is 681 g/mol. The van der Waals surface area contributed by atoms with Crippen molar-refractivity contribution in [3.05, 3.63) is 197 Å². The Labute approximate surface area is 332 Å². The first-order valence-corrected chi connectivity index (χ1v) is 20.1. The third kappa shape index (κ3) is 5.90. The second kappa shape index (κ2) is 15.4. The zero-order chi connectivity index (χ0) is 38.8. The summed E-state index contributed by atoms with van der Waals surface area (Å²) in [7, 11) is 0. The second-order valence-corrected chi connectivity index (χ2v) is 14.1. The number of nitrogens with zero attached hydrogens (tertiary/aromatic N) is 2. The number of aryl methyl sites for hydroxylation is 1. The molecule has 6 aromatic carbocycles. The number of fused-ring (bicyclic) bond motifs is 6. The smallest absolute Gasteiger partial charge is 0.160 e. The molecule has 276 valence electrons. The minimum absolute atomic E-state index is 0.495. The number of para-hydroxylation sites is 1. The molecule has 1 spiro atoms. The summed E-state index contributed by atoms with van der Waals surface area (Å²) in [5, 5.41) is 0.